The molecule has 1 unspecified atom stereocenters. The van der Waals surface area contributed by atoms with Crippen LogP contribution in [0.2, 0.25) is 0 Å². The Bertz CT molecular complexity index is 1150. The van der Waals surface area contributed by atoms with Gasteiger partial charge in [0, 0.05) is 61.2 Å². The Morgan fingerprint density at radius 2 is 2.14 bits per heavy atom. The van der Waals surface area contributed by atoms with Crippen molar-refractivity contribution in [2.75, 3.05) is 32.5 Å². The molecule has 0 amide bonds. The largest absolute Gasteiger partial charge is 0.497 e. The predicted molar refractivity (Wildman–Crippen MR) is 142 cm³/mol. The van der Waals surface area contributed by atoms with E-state index < -0.39 is 12.1 Å². The fraction of sp³-hybridized carbons (Fsp3) is 0.500. The van der Waals surface area contributed by atoms with Crippen LogP contribution < -0.4 is 4.74 Å². The van der Waals surface area contributed by atoms with Gasteiger partial charge in [0.1, 0.15) is 11.9 Å². The minimum Gasteiger partial charge on any atom is -0.497 e. The molecule has 3 aromatic rings. The maximum Gasteiger partial charge on any atom is 0.303 e. The van der Waals surface area contributed by atoms with Crippen molar-refractivity contribution in [1.82, 2.24) is 14.5 Å². The van der Waals surface area contributed by atoms with Crippen molar-refractivity contribution in [3.63, 3.8) is 0 Å². The molecule has 0 saturated carbocycles. The Kier molecular flexibility index (Phi) is 9.26. The van der Waals surface area contributed by atoms with Crippen LogP contribution in [0.1, 0.15) is 43.8 Å². The molecule has 6 nitrogen and oxygen atoms in total. The topological polar surface area (TPSA) is 67.6 Å². The molecular formula is C28H36FN3O3S. The summed E-state index contributed by atoms with van der Waals surface area (Å²) in [7, 11) is 3.63. The molecule has 3 atom stereocenters. The quantitative estimate of drug-likeness (QED) is 0.301. The minimum atomic E-state index is -1.09. The lowest BCUT2D eigenvalue weighted by Crippen LogP contribution is -2.41. The van der Waals surface area contributed by atoms with Gasteiger partial charge in [0.25, 0.3) is 0 Å². The number of aromatic nitrogens is 2. The zero-order valence-electron chi connectivity index (χ0n) is 21.1. The van der Waals surface area contributed by atoms with Crippen molar-refractivity contribution in [2.45, 2.75) is 43.2 Å². The number of ether oxygens (including phenoxy) is 1. The third-order valence-corrected chi connectivity index (χ3v) is 8.26. The first-order chi connectivity index (χ1) is 17.4. The number of benzene rings is 1. The number of halogens is 1. The number of rotatable bonds is 12. The standard InChI is InChI=1S/C28H36FN3O3S/c1-31-13-11-23(19-31)36-16-15-32-14-10-20(21(18-32)4-8-28(33)34)3-6-26(29)24-9-12-30-27-7-5-22(35-2)17-25(24)27/h5,7,9,11-13,17,19-21,26H,3-4,6,8,10,14-16,18H2,1-2H3,(H,33,34)/t20-,21+,26?/m1/s1. The molecule has 0 spiro atoms. The highest BCUT2D eigenvalue weighted by Crippen LogP contribution is 2.36. The van der Waals surface area contributed by atoms with Crippen LogP contribution in [0.5, 0.6) is 5.75 Å². The van der Waals surface area contributed by atoms with Gasteiger partial charge in [-0.1, -0.05) is 0 Å². The normalized spacial score (nSPS) is 19.4. The van der Waals surface area contributed by atoms with E-state index in [-0.39, 0.29) is 12.3 Å². The first-order valence-electron chi connectivity index (χ1n) is 12.7. The van der Waals surface area contributed by atoms with Crippen LogP contribution in [0.25, 0.3) is 10.9 Å². The number of hydrogen-bond acceptors (Lipinski definition) is 5. The molecule has 3 heterocycles. The van der Waals surface area contributed by atoms with Crippen molar-refractivity contribution >= 4 is 28.6 Å². The Balaban J connectivity index is 1.35. The van der Waals surface area contributed by atoms with E-state index in [2.05, 4.69) is 32.9 Å². The van der Waals surface area contributed by atoms with Crippen LogP contribution in [0.15, 0.2) is 53.8 Å². The lowest BCUT2D eigenvalue weighted by molar-refractivity contribution is -0.137. The number of nitrogens with zero attached hydrogens (tertiary/aromatic N) is 3. The number of pyridine rings is 1. The summed E-state index contributed by atoms with van der Waals surface area (Å²) in [5, 5.41) is 10.1. The van der Waals surface area contributed by atoms with E-state index in [1.54, 1.807) is 19.4 Å². The zero-order valence-corrected chi connectivity index (χ0v) is 21.9. The van der Waals surface area contributed by atoms with Crippen LogP contribution in [-0.4, -0.2) is 58.0 Å². The van der Waals surface area contributed by atoms with Gasteiger partial charge in [-0.15, -0.1) is 11.8 Å². The van der Waals surface area contributed by atoms with Gasteiger partial charge in [0.05, 0.1) is 12.6 Å². The first kappa shape index (κ1) is 26.5. The fourth-order valence-corrected chi connectivity index (χ4v) is 6.28. The molecule has 1 aliphatic heterocycles. The minimum absolute atomic E-state index is 0.168. The smallest absolute Gasteiger partial charge is 0.303 e. The molecule has 4 rings (SSSR count). The van der Waals surface area contributed by atoms with Gasteiger partial charge >= 0.3 is 5.97 Å². The Morgan fingerprint density at radius 1 is 1.28 bits per heavy atom. The van der Waals surface area contributed by atoms with E-state index in [1.807, 2.05) is 37.0 Å². The molecule has 1 aromatic carbocycles. The summed E-state index contributed by atoms with van der Waals surface area (Å²) in [5.74, 6) is 1.55. The molecule has 1 aliphatic rings. The molecule has 1 N–H and O–H groups in total. The number of methoxy groups -OCH3 is 1. The summed E-state index contributed by atoms with van der Waals surface area (Å²) < 4.78 is 22.9. The van der Waals surface area contributed by atoms with Crippen molar-refractivity contribution in [1.29, 1.82) is 0 Å². The van der Waals surface area contributed by atoms with E-state index in [1.165, 1.54) is 4.90 Å². The number of piperidine rings is 1. The average Bonchev–Trinajstić information content (AvgIpc) is 3.30. The van der Waals surface area contributed by atoms with Crippen molar-refractivity contribution in [3.05, 3.63) is 54.5 Å². The Morgan fingerprint density at radius 3 is 2.89 bits per heavy atom. The van der Waals surface area contributed by atoms with Gasteiger partial charge in [0.15, 0.2) is 0 Å². The summed E-state index contributed by atoms with van der Waals surface area (Å²) in [6, 6.07) is 9.44. The molecule has 2 aromatic heterocycles. The first-order valence-corrected chi connectivity index (χ1v) is 13.7. The van der Waals surface area contributed by atoms with Gasteiger partial charge in [-0.2, -0.15) is 0 Å². The van der Waals surface area contributed by atoms with Gasteiger partial charge in [0.2, 0.25) is 0 Å². The highest BCUT2D eigenvalue weighted by Gasteiger charge is 2.30. The van der Waals surface area contributed by atoms with Crippen molar-refractivity contribution in [2.24, 2.45) is 18.9 Å². The third kappa shape index (κ3) is 7.01. The molecule has 1 fully saturated rings. The number of alkyl halides is 1. The van der Waals surface area contributed by atoms with Crippen molar-refractivity contribution in [3.8, 4) is 5.75 Å². The second-order valence-corrected chi connectivity index (χ2v) is 10.9. The van der Waals surface area contributed by atoms with Gasteiger partial charge in [-0.25, -0.2) is 4.39 Å². The molecule has 36 heavy (non-hydrogen) atoms. The number of fused-ring (bicyclic) bond motifs is 1. The molecule has 0 aliphatic carbocycles. The number of carboxylic acids is 1. The molecular weight excluding hydrogens is 477 g/mol. The van der Waals surface area contributed by atoms with E-state index in [0.717, 1.165) is 49.1 Å². The summed E-state index contributed by atoms with van der Waals surface area (Å²) in [6.07, 6.45) is 7.73. The highest BCUT2D eigenvalue weighted by atomic mass is 32.2. The van der Waals surface area contributed by atoms with Crippen LogP contribution in [-0.2, 0) is 11.8 Å². The number of carbonyl (C=O) groups is 1. The number of thioether (sulfide) groups is 1. The Hall–Kier alpha value is -2.58. The number of likely N-dealkylation sites (tertiary alicyclic amines) is 1. The number of hydrogen-bond donors (Lipinski definition) is 1. The number of aryl methyl sites for hydroxylation is 1. The van der Waals surface area contributed by atoms with Gasteiger partial charge in [-0.05, 0) is 80.0 Å². The van der Waals surface area contributed by atoms with Crippen LogP contribution in [0, 0.1) is 11.8 Å². The summed E-state index contributed by atoms with van der Waals surface area (Å²) in [4.78, 5) is 19.4. The molecule has 0 radical (unpaired) electrons. The Labute approximate surface area is 216 Å². The lowest BCUT2D eigenvalue weighted by atomic mass is 9.79. The van der Waals surface area contributed by atoms with Gasteiger partial charge < -0.3 is 19.3 Å². The second-order valence-electron chi connectivity index (χ2n) is 9.73. The highest BCUT2D eigenvalue weighted by molar-refractivity contribution is 7.99. The average molecular weight is 514 g/mol. The zero-order chi connectivity index (χ0) is 25.5. The second kappa shape index (κ2) is 12.6. The molecule has 194 valence electrons. The van der Waals surface area contributed by atoms with E-state index in [4.69, 9.17) is 4.74 Å². The monoisotopic (exact) mass is 513 g/mol. The maximum absolute atomic E-state index is 15.5. The van der Waals surface area contributed by atoms with Crippen LogP contribution in [0.4, 0.5) is 4.39 Å². The summed E-state index contributed by atoms with van der Waals surface area (Å²) in [5.41, 5.74) is 1.41. The van der Waals surface area contributed by atoms with E-state index in [9.17, 15) is 9.90 Å². The van der Waals surface area contributed by atoms with E-state index >= 15 is 4.39 Å². The van der Waals surface area contributed by atoms with Crippen molar-refractivity contribution < 1.29 is 19.0 Å². The number of carboxylic acid groups (broad SMARTS) is 1. The molecule has 0 bridgehead atoms. The molecule has 8 heteroatoms. The lowest BCUT2D eigenvalue weighted by Gasteiger charge is -2.39. The summed E-state index contributed by atoms with van der Waals surface area (Å²) in [6.45, 7) is 2.85. The number of aliphatic carboxylic acids is 1. The maximum atomic E-state index is 15.5. The SMILES string of the molecule is COc1ccc2nccc(C(F)CC[C@@H]3CCN(CCSc4ccn(C)c4)C[C@@H]3CCC(=O)O)c2c1. The van der Waals surface area contributed by atoms with Crippen LogP contribution in [0.3, 0.4) is 0 Å². The third-order valence-electron chi connectivity index (χ3n) is 7.30. The van der Waals surface area contributed by atoms with E-state index in [0.29, 0.717) is 30.1 Å². The van der Waals surface area contributed by atoms with Crippen LogP contribution >= 0.6 is 11.8 Å². The van der Waals surface area contributed by atoms with Gasteiger partial charge in [-0.3, -0.25) is 9.78 Å². The summed E-state index contributed by atoms with van der Waals surface area (Å²) >= 11 is 1.85. The molecule has 1 saturated heterocycles. The fourth-order valence-electron chi connectivity index (χ4n) is 5.29. The predicted octanol–water partition coefficient (Wildman–Crippen LogP) is 5.97.